The molecule has 0 aromatic carbocycles. The van der Waals surface area contributed by atoms with Crippen LogP contribution < -0.4 is 0 Å². The highest BCUT2D eigenvalue weighted by Crippen LogP contribution is 2.38. The molecule has 0 N–H and O–H groups in total. The molecular weight excluding hydrogens is 268 g/mol. The van der Waals surface area contributed by atoms with Crippen LogP contribution in [0.25, 0.3) is 0 Å². The number of carbonyl (C=O) groups excluding carboxylic acids is 1. The molecule has 0 rings (SSSR count). The summed E-state index contributed by atoms with van der Waals surface area (Å²) in [5.74, 6) is 0.143. The molecule has 0 aliphatic heterocycles. The second kappa shape index (κ2) is 7.98. The minimum atomic E-state index is -1.80. The Bertz CT molecular complexity index is 318. The predicted molar refractivity (Wildman–Crippen MR) is 87.3 cm³/mol. The van der Waals surface area contributed by atoms with Gasteiger partial charge in [0.15, 0.2) is 8.32 Å². The molecule has 0 bridgehead atoms. The van der Waals surface area contributed by atoms with Gasteiger partial charge in [-0.05, 0) is 36.9 Å². The molecule has 0 aliphatic carbocycles. The number of ether oxygens (including phenoxy) is 1. The maximum atomic E-state index is 11.2. The van der Waals surface area contributed by atoms with Gasteiger partial charge in [-0.3, -0.25) is 4.79 Å². The van der Waals surface area contributed by atoms with Crippen molar-refractivity contribution in [2.45, 2.75) is 71.2 Å². The van der Waals surface area contributed by atoms with Crippen LogP contribution in [0.3, 0.4) is 0 Å². The maximum Gasteiger partial charge on any atom is 0.305 e. The van der Waals surface area contributed by atoms with Crippen molar-refractivity contribution < 1.29 is 14.0 Å². The van der Waals surface area contributed by atoms with Gasteiger partial charge in [-0.1, -0.05) is 33.8 Å². The molecule has 3 nitrogen and oxygen atoms in total. The van der Waals surface area contributed by atoms with Crippen molar-refractivity contribution in [2.24, 2.45) is 5.92 Å². The molecule has 0 saturated carbocycles. The van der Waals surface area contributed by atoms with E-state index >= 15 is 0 Å². The third-order valence-corrected chi connectivity index (χ3v) is 8.81. The van der Waals surface area contributed by atoms with E-state index in [1.807, 2.05) is 6.08 Å². The molecule has 4 heteroatoms. The third-order valence-electron chi connectivity index (χ3n) is 4.31. The van der Waals surface area contributed by atoms with E-state index in [-0.39, 0.29) is 17.1 Å². The standard InChI is InChI=1S/C16H32O3Si/c1-9-13(2)14(11-10-12-15(17)18-6)19-20(7,8)16(3,4)5/h9,13-14H,1,10-12H2,2-8H3/t13-,14+/m1/s1. The molecule has 0 spiro atoms. The molecular formula is C16H32O3Si. The number of carbonyl (C=O) groups is 1. The van der Waals surface area contributed by atoms with E-state index in [2.05, 4.69) is 52.1 Å². The lowest BCUT2D eigenvalue weighted by Gasteiger charge is -2.40. The van der Waals surface area contributed by atoms with Crippen LogP contribution in [-0.4, -0.2) is 27.5 Å². The summed E-state index contributed by atoms with van der Waals surface area (Å²) < 4.78 is 11.2. The summed E-state index contributed by atoms with van der Waals surface area (Å²) in [7, 11) is -0.368. The van der Waals surface area contributed by atoms with Crippen LogP contribution in [0.2, 0.25) is 18.1 Å². The van der Waals surface area contributed by atoms with Gasteiger partial charge >= 0.3 is 5.97 Å². The Morgan fingerprint density at radius 1 is 1.35 bits per heavy atom. The first-order chi connectivity index (χ1) is 9.05. The van der Waals surface area contributed by atoms with Gasteiger partial charge in [-0.15, -0.1) is 6.58 Å². The van der Waals surface area contributed by atoms with E-state index in [1.54, 1.807) is 0 Å². The van der Waals surface area contributed by atoms with Crippen LogP contribution in [0.5, 0.6) is 0 Å². The van der Waals surface area contributed by atoms with E-state index in [1.165, 1.54) is 7.11 Å². The van der Waals surface area contributed by atoms with Crippen molar-refractivity contribution in [3.8, 4) is 0 Å². The highest BCUT2D eigenvalue weighted by molar-refractivity contribution is 6.74. The summed E-state index contributed by atoms with van der Waals surface area (Å²) in [5, 5.41) is 0.189. The van der Waals surface area contributed by atoms with E-state index in [0.717, 1.165) is 12.8 Å². The molecule has 0 aromatic rings. The summed E-state index contributed by atoms with van der Waals surface area (Å²) in [4.78, 5) is 11.2. The molecule has 0 radical (unpaired) electrons. The second-order valence-corrected chi connectivity index (χ2v) is 11.7. The summed E-state index contributed by atoms with van der Waals surface area (Å²) in [6.07, 6.45) is 4.20. The van der Waals surface area contributed by atoms with Gasteiger partial charge in [0.2, 0.25) is 0 Å². The van der Waals surface area contributed by atoms with E-state index in [9.17, 15) is 4.79 Å². The summed E-state index contributed by atoms with van der Waals surface area (Å²) >= 11 is 0. The van der Waals surface area contributed by atoms with Crippen molar-refractivity contribution in [2.75, 3.05) is 7.11 Å². The van der Waals surface area contributed by atoms with Gasteiger partial charge in [0.25, 0.3) is 0 Å². The van der Waals surface area contributed by atoms with Crippen molar-refractivity contribution in [1.82, 2.24) is 0 Å². The molecule has 0 amide bonds. The number of hydrogen-bond acceptors (Lipinski definition) is 3. The largest absolute Gasteiger partial charge is 0.469 e. The Morgan fingerprint density at radius 3 is 2.30 bits per heavy atom. The zero-order valence-electron chi connectivity index (χ0n) is 14.3. The van der Waals surface area contributed by atoms with Gasteiger partial charge in [0.1, 0.15) is 0 Å². The SMILES string of the molecule is C=C[C@@H](C)[C@H](CCCC(=O)OC)O[Si](C)(C)C(C)(C)C. The number of rotatable bonds is 8. The van der Waals surface area contributed by atoms with Gasteiger partial charge < -0.3 is 9.16 Å². The molecule has 20 heavy (non-hydrogen) atoms. The Morgan fingerprint density at radius 2 is 1.90 bits per heavy atom. The lowest BCUT2D eigenvalue weighted by Crippen LogP contribution is -2.45. The molecule has 0 aromatic heterocycles. The van der Waals surface area contributed by atoms with Crippen molar-refractivity contribution in [3.05, 3.63) is 12.7 Å². The minimum Gasteiger partial charge on any atom is -0.469 e. The van der Waals surface area contributed by atoms with Gasteiger partial charge in [0.05, 0.1) is 13.2 Å². The average Bonchev–Trinajstić information content (AvgIpc) is 2.34. The maximum absolute atomic E-state index is 11.2. The molecule has 0 heterocycles. The smallest absolute Gasteiger partial charge is 0.305 e. The average molecular weight is 301 g/mol. The summed E-state index contributed by atoms with van der Waals surface area (Å²) in [6, 6.07) is 0. The number of esters is 1. The third kappa shape index (κ3) is 6.22. The topological polar surface area (TPSA) is 35.5 Å². The number of methoxy groups -OCH3 is 1. The first-order valence-corrected chi connectivity index (χ1v) is 10.3. The molecule has 0 unspecified atom stereocenters. The van der Waals surface area contributed by atoms with Gasteiger partial charge in [-0.2, -0.15) is 0 Å². The van der Waals surface area contributed by atoms with E-state index in [4.69, 9.17) is 4.43 Å². The zero-order chi connectivity index (χ0) is 16.0. The van der Waals surface area contributed by atoms with Crippen LogP contribution in [0, 0.1) is 5.92 Å². The lowest BCUT2D eigenvalue weighted by atomic mass is 10.00. The molecule has 0 saturated heterocycles. The molecule has 118 valence electrons. The summed E-state index contributed by atoms with van der Waals surface area (Å²) in [5.41, 5.74) is 0. The fourth-order valence-electron chi connectivity index (χ4n) is 1.69. The van der Waals surface area contributed by atoms with Crippen LogP contribution in [-0.2, 0) is 14.0 Å². The molecule has 2 atom stereocenters. The van der Waals surface area contributed by atoms with Crippen LogP contribution in [0.15, 0.2) is 12.7 Å². The molecule has 0 aliphatic rings. The fourth-order valence-corrected chi connectivity index (χ4v) is 3.13. The fraction of sp³-hybridized carbons (Fsp3) is 0.812. The quantitative estimate of drug-likeness (QED) is 0.375. The first-order valence-electron chi connectivity index (χ1n) is 7.42. The van der Waals surface area contributed by atoms with Crippen molar-refractivity contribution in [1.29, 1.82) is 0 Å². The Balaban J connectivity index is 4.66. The highest BCUT2D eigenvalue weighted by Gasteiger charge is 2.39. The predicted octanol–water partition coefficient (Wildman–Crippen LogP) is 4.54. The van der Waals surface area contributed by atoms with E-state index in [0.29, 0.717) is 12.3 Å². The van der Waals surface area contributed by atoms with Gasteiger partial charge in [-0.25, -0.2) is 0 Å². The summed E-state index contributed by atoms with van der Waals surface area (Å²) in [6.45, 7) is 17.2. The number of hydrogen-bond donors (Lipinski definition) is 0. The monoisotopic (exact) mass is 300 g/mol. The second-order valence-electron chi connectivity index (χ2n) is 6.98. The lowest BCUT2D eigenvalue weighted by molar-refractivity contribution is -0.140. The Labute approximate surface area is 125 Å². The minimum absolute atomic E-state index is 0.137. The Kier molecular flexibility index (Phi) is 7.74. The van der Waals surface area contributed by atoms with E-state index < -0.39 is 8.32 Å². The van der Waals surface area contributed by atoms with Crippen molar-refractivity contribution in [3.63, 3.8) is 0 Å². The van der Waals surface area contributed by atoms with Crippen LogP contribution in [0.4, 0.5) is 0 Å². The highest BCUT2D eigenvalue weighted by atomic mass is 28.4. The van der Waals surface area contributed by atoms with Crippen molar-refractivity contribution >= 4 is 14.3 Å². The van der Waals surface area contributed by atoms with Crippen LogP contribution >= 0.6 is 0 Å². The zero-order valence-corrected chi connectivity index (χ0v) is 15.3. The normalized spacial score (nSPS) is 15.6. The first kappa shape index (κ1) is 19.4. The van der Waals surface area contributed by atoms with Crippen LogP contribution in [0.1, 0.15) is 47.0 Å². The Hall–Kier alpha value is -0.613. The van der Waals surface area contributed by atoms with Gasteiger partial charge in [0, 0.05) is 6.42 Å². The molecule has 0 fully saturated rings.